The van der Waals surface area contributed by atoms with Gasteiger partial charge in [0.25, 0.3) is 5.56 Å². The largest absolute Gasteiger partial charge is 0.448 e. The van der Waals surface area contributed by atoms with Gasteiger partial charge in [-0.25, -0.2) is 13.8 Å². The maximum atomic E-state index is 14.0. The Morgan fingerprint density at radius 1 is 1.27 bits per heavy atom. The molecule has 1 aromatic carbocycles. The van der Waals surface area contributed by atoms with Gasteiger partial charge in [0.15, 0.2) is 17.3 Å². The van der Waals surface area contributed by atoms with Crippen LogP contribution in [0, 0.1) is 11.6 Å². The van der Waals surface area contributed by atoms with Crippen molar-refractivity contribution in [3.8, 4) is 11.5 Å². The van der Waals surface area contributed by atoms with Crippen molar-refractivity contribution < 1.29 is 18.6 Å². The molecule has 1 saturated carbocycles. The zero-order valence-electron chi connectivity index (χ0n) is 16.4. The predicted molar refractivity (Wildman–Crippen MR) is 108 cm³/mol. The summed E-state index contributed by atoms with van der Waals surface area (Å²) >= 11 is 0. The highest BCUT2D eigenvalue weighted by Gasteiger charge is 2.19. The molecule has 0 aliphatic heterocycles. The number of anilines is 1. The summed E-state index contributed by atoms with van der Waals surface area (Å²) in [7, 11) is 0. The van der Waals surface area contributed by atoms with Crippen molar-refractivity contribution in [1.29, 1.82) is 0 Å². The number of rotatable bonds is 6. The monoisotopic (exact) mass is 416 g/mol. The molecule has 1 atom stereocenters. The van der Waals surface area contributed by atoms with Gasteiger partial charge in [0.05, 0.1) is 12.6 Å². The minimum absolute atomic E-state index is 0.0294. The first-order valence-corrected chi connectivity index (χ1v) is 9.89. The molecule has 2 aromatic heterocycles. The maximum absolute atomic E-state index is 14.0. The fourth-order valence-electron chi connectivity index (χ4n) is 3.64. The van der Waals surface area contributed by atoms with E-state index in [1.807, 2.05) is 0 Å². The average molecular weight is 416 g/mol. The zero-order chi connectivity index (χ0) is 21.3. The molecule has 0 bridgehead atoms. The van der Waals surface area contributed by atoms with Crippen LogP contribution in [-0.2, 0) is 6.54 Å². The summed E-state index contributed by atoms with van der Waals surface area (Å²) in [5.41, 5.74) is -0.249. The highest BCUT2D eigenvalue weighted by molar-refractivity contribution is 5.77. The standard InChI is InChI=1S/C21H22F2N4O3/c1-12(28)11-27-19-13(10-24-21(26-19)25-15-4-2-3-5-15)8-18(20(27)29)30-17-7-6-14(22)9-16(17)23/h6-10,12,15,28H,2-5,11H2,1H3,(H,24,25,26). The summed E-state index contributed by atoms with van der Waals surface area (Å²) in [4.78, 5) is 21.8. The number of aliphatic hydroxyl groups is 1. The van der Waals surface area contributed by atoms with E-state index in [4.69, 9.17) is 4.74 Å². The summed E-state index contributed by atoms with van der Waals surface area (Å²) in [6.07, 6.45) is 5.10. The topological polar surface area (TPSA) is 89.3 Å². The smallest absolute Gasteiger partial charge is 0.295 e. The second kappa shape index (κ2) is 8.35. The molecule has 7 nitrogen and oxygen atoms in total. The number of nitrogens with one attached hydrogen (secondary N) is 1. The van der Waals surface area contributed by atoms with Crippen molar-refractivity contribution in [3.63, 3.8) is 0 Å². The van der Waals surface area contributed by atoms with Gasteiger partial charge in [0, 0.05) is 23.7 Å². The normalized spacial score (nSPS) is 15.5. The molecule has 1 unspecified atom stereocenters. The molecular weight excluding hydrogens is 394 g/mol. The SMILES string of the molecule is CC(O)Cn1c(=O)c(Oc2ccc(F)cc2F)cc2cnc(NC3CCCC3)nc21. The number of ether oxygens (including phenoxy) is 1. The number of nitrogens with zero attached hydrogens (tertiary/aromatic N) is 3. The third kappa shape index (κ3) is 4.25. The lowest BCUT2D eigenvalue weighted by Crippen LogP contribution is -2.27. The van der Waals surface area contributed by atoms with Crippen LogP contribution in [-0.4, -0.2) is 31.8 Å². The second-order valence-electron chi connectivity index (χ2n) is 7.55. The van der Waals surface area contributed by atoms with E-state index in [0.29, 0.717) is 29.1 Å². The first kappa shape index (κ1) is 20.2. The number of aromatic nitrogens is 3. The molecule has 3 aromatic rings. The van der Waals surface area contributed by atoms with Crippen molar-refractivity contribution in [2.45, 2.75) is 51.3 Å². The van der Waals surface area contributed by atoms with Gasteiger partial charge in [-0.15, -0.1) is 0 Å². The molecule has 9 heteroatoms. The summed E-state index contributed by atoms with van der Waals surface area (Å²) in [5.74, 6) is -1.72. The van der Waals surface area contributed by atoms with Crippen molar-refractivity contribution in [3.05, 3.63) is 52.5 Å². The molecule has 0 amide bonds. The lowest BCUT2D eigenvalue weighted by Gasteiger charge is -2.16. The lowest BCUT2D eigenvalue weighted by atomic mass is 10.2. The Balaban J connectivity index is 1.76. The minimum atomic E-state index is -0.927. The fraction of sp³-hybridized carbons (Fsp3) is 0.381. The van der Waals surface area contributed by atoms with Gasteiger partial charge in [0.1, 0.15) is 11.5 Å². The van der Waals surface area contributed by atoms with Crippen LogP contribution in [0.1, 0.15) is 32.6 Å². The second-order valence-corrected chi connectivity index (χ2v) is 7.55. The average Bonchev–Trinajstić information content (AvgIpc) is 3.20. The van der Waals surface area contributed by atoms with Crippen LogP contribution < -0.4 is 15.6 Å². The molecule has 0 spiro atoms. The Labute approximate surface area is 171 Å². The van der Waals surface area contributed by atoms with Crippen LogP contribution >= 0.6 is 0 Å². The molecule has 4 rings (SSSR count). The Bertz CT molecular complexity index is 1130. The van der Waals surface area contributed by atoms with Crippen molar-refractivity contribution in [2.24, 2.45) is 0 Å². The quantitative estimate of drug-likeness (QED) is 0.638. The zero-order valence-corrected chi connectivity index (χ0v) is 16.4. The number of pyridine rings is 1. The van der Waals surface area contributed by atoms with Gasteiger partial charge in [-0.05, 0) is 38.0 Å². The molecular formula is C21H22F2N4O3. The van der Waals surface area contributed by atoms with Gasteiger partial charge in [-0.3, -0.25) is 9.36 Å². The molecule has 1 aliphatic rings. The van der Waals surface area contributed by atoms with Crippen molar-refractivity contribution >= 4 is 17.0 Å². The molecule has 1 aliphatic carbocycles. The molecule has 2 heterocycles. The van der Waals surface area contributed by atoms with E-state index in [0.717, 1.165) is 37.8 Å². The number of aliphatic hydroxyl groups excluding tert-OH is 1. The number of hydrogen-bond donors (Lipinski definition) is 2. The van der Waals surface area contributed by atoms with Gasteiger partial charge in [0.2, 0.25) is 5.95 Å². The van der Waals surface area contributed by atoms with E-state index in [1.165, 1.54) is 10.6 Å². The summed E-state index contributed by atoms with van der Waals surface area (Å²) < 4.78 is 33.9. The Morgan fingerprint density at radius 2 is 2.03 bits per heavy atom. The van der Waals surface area contributed by atoms with E-state index >= 15 is 0 Å². The van der Waals surface area contributed by atoms with Gasteiger partial charge in [-0.2, -0.15) is 4.98 Å². The van der Waals surface area contributed by atoms with E-state index in [9.17, 15) is 18.7 Å². The molecule has 158 valence electrons. The Morgan fingerprint density at radius 3 is 2.73 bits per heavy atom. The van der Waals surface area contributed by atoms with Crippen LogP contribution in [0.4, 0.5) is 14.7 Å². The van der Waals surface area contributed by atoms with Crippen LogP contribution in [0.15, 0.2) is 35.3 Å². The molecule has 0 radical (unpaired) electrons. The third-order valence-corrected chi connectivity index (χ3v) is 5.04. The predicted octanol–water partition coefficient (Wildman–Crippen LogP) is 3.60. The number of halogens is 2. The van der Waals surface area contributed by atoms with Crippen LogP contribution in [0.3, 0.4) is 0 Å². The van der Waals surface area contributed by atoms with Crippen molar-refractivity contribution in [2.75, 3.05) is 5.32 Å². The summed E-state index contributed by atoms with van der Waals surface area (Å²) in [6, 6.07) is 4.53. The molecule has 30 heavy (non-hydrogen) atoms. The molecule has 2 N–H and O–H groups in total. The van der Waals surface area contributed by atoms with Crippen molar-refractivity contribution in [1.82, 2.24) is 14.5 Å². The van der Waals surface area contributed by atoms with Crippen LogP contribution in [0.2, 0.25) is 0 Å². The summed E-state index contributed by atoms with van der Waals surface area (Å²) in [5, 5.41) is 13.7. The highest BCUT2D eigenvalue weighted by atomic mass is 19.1. The number of fused-ring (bicyclic) bond motifs is 1. The van der Waals surface area contributed by atoms with Gasteiger partial charge < -0.3 is 15.2 Å². The van der Waals surface area contributed by atoms with Gasteiger partial charge >= 0.3 is 0 Å². The maximum Gasteiger partial charge on any atom is 0.295 e. The van der Waals surface area contributed by atoms with E-state index in [1.54, 1.807) is 13.1 Å². The molecule has 0 saturated heterocycles. The Kier molecular flexibility index (Phi) is 5.63. The van der Waals surface area contributed by atoms with Crippen LogP contribution in [0.5, 0.6) is 11.5 Å². The van der Waals surface area contributed by atoms with E-state index in [-0.39, 0.29) is 18.0 Å². The number of benzene rings is 1. The summed E-state index contributed by atoms with van der Waals surface area (Å²) in [6.45, 7) is 1.52. The molecule has 1 fully saturated rings. The number of hydrogen-bond acceptors (Lipinski definition) is 6. The van der Waals surface area contributed by atoms with E-state index < -0.39 is 23.3 Å². The highest BCUT2D eigenvalue weighted by Crippen LogP contribution is 2.26. The third-order valence-electron chi connectivity index (χ3n) is 5.04. The van der Waals surface area contributed by atoms with Gasteiger partial charge in [-0.1, -0.05) is 12.8 Å². The van der Waals surface area contributed by atoms with E-state index in [2.05, 4.69) is 15.3 Å². The fourth-order valence-corrected chi connectivity index (χ4v) is 3.64. The minimum Gasteiger partial charge on any atom is -0.448 e. The lowest BCUT2D eigenvalue weighted by molar-refractivity contribution is 0.173. The van der Waals surface area contributed by atoms with Crippen LogP contribution in [0.25, 0.3) is 11.0 Å². The first-order chi connectivity index (χ1) is 14.4. The Hall–Kier alpha value is -3.07. The first-order valence-electron chi connectivity index (χ1n) is 9.89.